The summed E-state index contributed by atoms with van der Waals surface area (Å²) in [6.07, 6.45) is 3.31. The summed E-state index contributed by atoms with van der Waals surface area (Å²) < 4.78 is 17.3. The van der Waals surface area contributed by atoms with Crippen LogP contribution in [-0.2, 0) is 4.79 Å². The van der Waals surface area contributed by atoms with Gasteiger partial charge in [-0.05, 0) is 87.2 Å². The zero-order valence-electron chi connectivity index (χ0n) is 24.5. The van der Waals surface area contributed by atoms with Crippen LogP contribution in [0.2, 0.25) is 0 Å². The SMILES string of the molecule is COc1cc(C(=O)N(C)c2ccc(C)cc2OCCCCCC(N)=O)ccc1NC(=O)c1ccccc1OCCCN. The maximum absolute atomic E-state index is 13.5. The van der Waals surface area contributed by atoms with E-state index in [0.29, 0.717) is 78.8 Å². The number of amides is 3. The van der Waals surface area contributed by atoms with Crippen LogP contribution in [0.1, 0.15) is 58.4 Å². The van der Waals surface area contributed by atoms with E-state index < -0.39 is 0 Å². The molecule has 0 aliphatic heterocycles. The van der Waals surface area contributed by atoms with E-state index in [1.54, 1.807) is 49.5 Å². The first-order chi connectivity index (χ1) is 20.2. The lowest BCUT2D eigenvalue weighted by atomic mass is 10.1. The van der Waals surface area contributed by atoms with Crippen molar-refractivity contribution in [2.45, 2.75) is 39.0 Å². The first-order valence-corrected chi connectivity index (χ1v) is 14.0. The quantitative estimate of drug-likeness (QED) is 0.210. The number of benzene rings is 3. The molecule has 0 heterocycles. The monoisotopic (exact) mass is 576 g/mol. The van der Waals surface area contributed by atoms with E-state index in [4.69, 9.17) is 25.7 Å². The highest BCUT2D eigenvalue weighted by Gasteiger charge is 2.20. The molecule has 0 saturated heterocycles. The van der Waals surface area contributed by atoms with Crippen LogP contribution in [0.25, 0.3) is 0 Å². The van der Waals surface area contributed by atoms with Gasteiger partial charge >= 0.3 is 0 Å². The number of ether oxygens (including phenoxy) is 3. The minimum Gasteiger partial charge on any atom is -0.495 e. The molecule has 0 fully saturated rings. The maximum atomic E-state index is 13.5. The number of nitrogens with two attached hydrogens (primary N) is 2. The Morgan fingerprint density at radius 2 is 1.60 bits per heavy atom. The van der Waals surface area contributed by atoms with Crippen LogP contribution in [0, 0.1) is 6.92 Å². The average Bonchev–Trinajstić information content (AvgIpc) is 2.98. The number of primary amides is 1. The predicted octanol–water partition coefficient (Wildman–Crippen LogP) is 4.68. The molecule has 3 aromatic rings. The Balaban J connectivity index is 1.73. The fraction of sp³-hybridized carbons (Fsp3) is 0.344. The molecule has 0 aliphatic rings. The normalized spacial score (nSPS) is 10.6. The van der Waals surface area contributed by atoms with E-state index in [1.807, 2.05) is 25.1 Å². The van der Waals surface area contributed by atoms with Crippen LogP contribution in [-0.4, -0.2) is 51.6 Å². The molecule has 0 radical (unpaired) electrons. The fourth-order valence-corrected chi connectivity index (χ4v) is 4.24. The molecule has 0 unspecified atom stereocenters. The number of unbranched alkanes of at least 4 members (excludes halogenated alkanes) is 2. The molecule has 3 aromatic carbocycles. The van der Waals surface area contributed by atoms with Crippen molar-refractivity contribution in [3.63, 3.8) is 0 Å². The van der Waals surface area contributed by atoms with Gasteiger partial charge in [0.25, 0.3) is 11.8 Å². The van der Waals surface area contributed by atoms with Gasteiger partial charge in [-0.3, -0.25) is 14.4 Å². The Hall–Kier alpha value is -4.57. The molecule has 0 bridgehead atoms. The first kappa shape index (κ1) is 32.0. The maximum Gasteiger partial charge on any atom is 0.259 e. The van der Waals surface area contributed by atoms with Gasteiger partial charge in [-0.15, -0.1) is 0 Å². The van der Waals surface area contributed by atoms with Gasteiger partial charge in [0.05, 0.1) is 37.3 Å². The Bertz CT molecular complexity index is 1380. The van der Waals surface area contributed by atoms with Crippen LogP contribution in [0.15, 0.2) is 60.7 Å². The molecule has 5 N–H and O–H groups in total. The number of carbonyl (C=O) groups excluding carboxylic acids is 3. The number of hydrogen-bond donors (Lipinski definition) is 3. The number of anilines is 2. The van der Waals surface area contributed by atoms with Crippen LogP contribution >= 0.6 is 0 Å². The zero-order valence-corrected chi connectivity index (χ0v) is 24.5. The molecule has 0 atom stereocenters. The largest absolute Gasteiger partial charge is 0.495 e. The Kier molecular flexibility index (Phi) is 12.2. The summed E-state index contributed by atoms with van der Waals surface area (Å²) in [4.78, 5) is 39.1. The van der Waals surface area contributed by atoms with Crippen LogP contribution < -0.4 is 35.9 Å². The van der Waals surface area contributed by atoms with E-state index in [9.17, 15) is 14.4 Å². The Morgan fingerprint density at radius 3 is 2.33 bits per heavy atom. The average molecular weight is 577 g/mol. The minimum absolute atomic E-state index is 0.278. The molecule has 0 aliphatic carbocycles. The number of aryl methyl sites for hydroxylation is 1. The zero-order chi connectivity index (χ0) is 30.5. The van der Waals surface area contributed by atoms with Crippen molar-refractivity contribution in [2.75, 3.05) is 44.1 Å². The van der Waals surface area contributed by atoms with E-state index in [2.05, 4.69) is 5.32 Å². The van der Waals surface area contributed by atoms with Crippen molar-refractivity contribution in [1.29, 1.82) is 0 Å². The summed E-state index contributed by atoms with van der Waals surface area (Å²) in [5.41, 5.74) is 13.5. The van der Waals surface area contributed by atoms with Crippen molar-refractivity contribution in [1.82, 2.24) is 0 Å². The third-order valence-corrected chi connectivity index (χ3v) is 6.54. The molecular formula is C32H40N4O6. The van der Waals surface area contributed by atoms with E-state index >= 15 is 0 Å². The summed E-state index contributed by atoms with van der Waals surface area (Å²) in [5.74, 6) is 0.420. The lowest BCUT2D eigenvalue weighted by Gasteiger charge is -2.22. The Morgan fingerprint density at radius 1 is 0.857 bits per heavy atom. The van der Waals surface area contributed by atoms with Gasteiger partial charge in [-0.2, -0.15) is 0 Å². The smallest absolute Gasteiger partial charge is 0.259 e. The molecule has 0 saturated carbocycles. The van der Waals surface area contributed by atoms with Crippen molar-refractivity contribution >= 4 is 29.1 Å². The van der Waals surface area contributed by atoms with E-state index in [-0.39, 0.29) is 17.7 Å². The number of methoxy groups -OCH3 is 1. The number of rotatable bonds is 16. The molecular weight excluding hydrogens is 536 g/mol. The number of para-hydroxylation sites is 1. The summed E-state index contributed by atoms with van der Waals surface area (Å²) in [5, 5.41) is 2.86. The van der Waals surface area contributed by atoms with Gasteiger partial charge in [0.15, 0.2) is 0 Å². The van der Waals surface area contributed by atoms with Crippen molar-refractivity contribution in [3.8, 4) is 17.2 Å². The summed E-state index contributed by atoms with van der Waals surface area (Å²) >= 11 is 0. The first-order valence-electron chi connectivity index (χ1n) is 14.0. The van der Waals surface area contributed by atoms with Gasteiger partial charge in [-0.25, -0.2) is 0 Å². The molecule has 3 rings (SSSR count). The topological polar surface area (TPSA) is 146 Å². The van der Waals surface area contributed by atoms with Crippen molar-refractivity contribution in [3.05, 3.63) is 77.4 Å². The second-order valence-electron chi connectivity index (χ2n) is 9.82. The molecule has 0 aromatic heterocycles. The molecule has 10 heteroatoms. The fourth-order valence-electron chi connectivity index (χ4n) is 4.24. The van der Waals surface area contributed by atoms with Crippen LogP contribution in [0.3, 0.4) is 0 Å². The third-order valence-electron chi connectivity index (χ3n) is 6.54. The summed E-state index contributed by atoms with van der Waals surface area (Å²) in [6, 6.07) is 17.5. The van der Waals surface area contributed by atoms with Gasteiger partial charge in [0.2, 0.25) is 5.91 Å². The van der Waals surface area contributed by atoms with Crippen molar-refractivity contribution in [2.24, 2.45) is 11.5 Å². The number of nitrogens with one attached hydrogen (secondary N) is 1. The molecule has 224 valence electrons. The highest BCUT2D eigenvalue weighted by Crippen LogP contribution is 2.32. The van der Waals surface area contributed by atoms with Crippen LogP contribution in [0.4, 0.5) is 11.4 Å². The molecule has 0 spiro atoms. The third kappa shape index (κ3) is 8.97. The molecule has 42 heavy (non-hydrogen) atoms. The second-order valence-corrected chi connectivity index (χ2v) is 9.82. The van der Waals surface area contributed by atoms with Crippen LogP contribution in [0.5, 0.6) is 17.2 Å². The van der Waals surface area contributed by atoms with Gasteiger partial charge in [0, 0.05) is 19.0 Å². The summed E-state index contributed by atoms with van der Waals surface area (Å²) in [7, 11) is 3.15. The van der Waals surface area contributed by atoms with Gasteiger partial charge in [0.1, 0.15) is 17.2 Å². The predicted molar refractivity (Wildman–Crippen MR) is 164 cm³/mol. The highest BCUT2D eigenvalue weighted by atomic mass is 16.5. The van der Waals surface area contributed by atoms with E-state index in [0.717, 1.165) is 18.4 Å². The minimum atomic E-state index is -0.371. The highest BCUT2D eigenvalue weighted by molar-refractivity contribution is 6.09. The molecule has 3 amide bonds. The Labute approximate surface area is 246 Å². The molecule has 10 nitrogen and oxygen atoms in total. The summed E-state index contributed by atoms with van der Waals surface area (Å²) in [6.45, 7) is 3.29. The standard InChI is InChI=1S/C32H40N4O6/c1-22-13-16-26(29(20-22)42-18-8-4-5-12-30(34)37)36(2)32(39)23-14-15-25(28(21-23)40-3)35-31(38)24-10-6-7-11-27(24)41-19-9-17-33/h6-7,10-11,13-16,20-21H,4-5,8-9,12,17-19,33H2,1-3H3,(H2,34,37)(H,35,38). The number of nitrogens with zero attached hydrogens (tertiary/aromatic N) is 1. The van der Waals surface area contributed by atoms with Gasteiger partial charge < -0.3 is 35.9 Å². The van der Waals surface area contributed by atoms with E-state index in [1.165, 1.54) is 12.0 Å². The number of hydrogen-bond acceptors (Lipinski definition) is 7. The lowest BCUT2D eigenvalue weighted by molar-refractivity contribution is -0.118. The van der Waals surface area contributed by atoms with Crippen molar-refractivity contribution < 1.29 is 28.6 Å². The lowest BCUT2D eigenvalue weighted by Crippen LogP contribution is -2.27. The number of carbonyl (C=O) groups is 3. The van der Waals surface area contributed by atoms with Gasteiger partial charge in [-0.1, -0.05) is 18.2 Å². The second kappa shape index (κ2) is 16.0.